The summed E-state index contributed by atoms with van der Waals surface area (Å²) in [5.41, 5.74) is 4.72. The number of aryl methyl sites for hydroxylation is 1. The second-order valence-corrected chi connectivity index (χ2v) is 12.8. The first-order valence-corrected chi connectivity index (χ1v) is 12.2. The lowest BCUT2D eigenvalue weighted by molar-refractivity contribution is 0.548. The van der Waals surface area contributed by atoms with E-state index in [0.717, 1.165) is 17.9 Å². The molecule has 1 atom stereocenters. The van der Waals surface area contributed by atoms with Crippen LogP contribution in [0.4, 0.5) is 0 Å². The molecule has 2 aromatic rings. The SMILES string of the molecule is CC1=CC([Si](C)(C)C2=CC=CC2)c2scc(-c3ccc(C)o3)c21. The molecule has 0 fully saturated rings. The zero-order valence-electron chi connectivity index (χ0n) is 14.1. The van der Waals surface area contributed by atoms with E-state index in [1.807, 2.05) is 18.3 Å². The molecule has 2 aliphatic rings. The summed E-state index contributed by atoms with van der Waals surface area (Å²) in [6, 6.07) is 4.16. The van der Waals surface area contributed by atoms with Crippen LogP contribution >= 0.6 is 11.3 Å². The van der Waals surface area contributed by atoms with Crippen molar-refractivity contribution in [3.63, 3.8) is 0 Å². The van der Waals surface area contributed by atoms with Crippen LogP contribution in [0, 0.1) is 6.92 Å². The van der Waals surface area contributed by atoms with Gasteiger partial charge in [0.25, 0.3) is 0 Å². The highest BCUT2D eigenvalue weighted by Gasteiger charge is 2.41. The van der Waals surface area contributed by atoms with Crippen molar-refractivity contribution in [2.75, 3.05) is 0 Å². The Balaban J connectivity index is 1.78. The first kappa shape index (κ1) is 15.0. The van der Waals surface area contributed by atoms with Crippen molar-refractivity contribution in [1.29, 1.82) is 0 Å². The van der Waals surface area contributed by atoms with Crippen LogP contribution in [0.2, 0.25) is 13.1 Å². The predicted octanol–water partition coefficient (Wildman–Crippen LogP) is 6.49. The Morgan fingerprint density at radius 2 is 2.04 bits per heavy atom. The molecular formula is C20H22OSSi. The Kier molecular flexibility index (Phi) is 3.40. The van der Waals surface area contributed by atoms with Gasteiger partial charge < -0.3 is 4.42 Å². The van der Waals surface area contributed by atoms with E-state index < -0.39 is 8.07 Å². The smallest absolute Gasteiger partial charge is 0.135 e. The maximum Gasteiger partial charge on any atom is 0.135 e. The molecule has 0 saturated carbocycles. The Hall–Kier alpha value is -1.58. The van der Waals surface area contributed by atoms with Crippen LogP contribution in [0.15, 0.2) is 51.4 Å². The average molecular weight is 339 g/mol. The number of hydrogen-bond acceptors (Lipinski definition) is 2. The monoisotopic (exact) mass is 338 g/mol. The second-order valence-electron chi connectivity index (χ2n) is 7.17. The lowest BCUT2D eigenvalue weighted by Crippen LogP contribution is -2.35. The summed E-state index contributed by atoms with van der Waals surface area (Å²) in [4.78, 5) is 1.55. The Morgan fingerprint density at radius 1 is 1.22 bits per heavy atom. The lowest BCUT2D eigenvalue weighted by atomic mass is 10.1. The molecule has 1 unspecified atom stereocenters. The molecule has 0 N–H and O–H groups in total. The fraction of sp³-hybridized carbons (Fsp3) is 0.300. The minimum absolute atomic E-state index is 0.596. The number of furan rings is 1. The topological polar surface area (TPSA) is 13.1 Å². The van der Waals surface area contributed by atoms with Crippen molar-refractivity contribution in [2.24, 2.45) is 0 Å². The third-order valence-electron chi connectivity index (χ3n) is 5.30. The molecule has 2 aromatic heterocycles. The first-order valence-electron chi connectivity index (χ1n) is 8.21. The number of thiophene rings is 1. The molecule has 0 radical (unpaired) electrons. The maximum absolute atomic E-state index is 5.89. The number of rotatable bonds is 3. The summed E-state index contributed by atoms with van der Waals surface area (Å²) in [5, 5.41) is 3.96. The molecule has 2 aliphatic carbocycles. The lowest BCUT2D eigenvalue weighted by Gasteiger charge is -2.30. The third kappa shape index (κ3) is 2.25. The van der Waals surface area contributed by atoms with Crippen molar-refractivity contribution in [3.05, 3.63) is 63.2 Å². The van der Waals surface area contributed by atoms with E-state index in [9.17, 15) is 0 Å². The Labute approximate surface area is 143 Å². The highest BCUT2D eigenvalue weighted by molar-refractivity contribution is 7.12. The molecule has 0 bridgehead atoms. The van der Waals surface area contributed by atoms with Gasteiger partial charge in [-0.15, -0.1) is 11.3 Å². The van der Waals surface area contributed by atoms with Gasteiger partial charge in [0.05, 0.1) is 8.07 Å². The summed E-state index contributed by atoms with van der Waals surface area (Å²) in [7, 11) is -1.51. The van der Waals surface area contributed by atoms with Gasteiger partial charge in [-0.1, -0.05) is 42.6 Å². The van der Waals surface area contributed by atoms with Crippen LogP contribution in [0.5, 0.6) is 0 Å². The summed E-state index contributed by atoms with van der Waals surface area (Å²) in [5.74, 6) is 1.99. The van der Waals surface area contributed by atoms with E-state index in [4.69, 9.17) is 4.42 Å². The Bertz CT molecular complexity index is 860. The fourth-order valence-corrected chi connectivity index (χ4v) is 9.04. The summed E-state index contributed by atoms with van der Waals surface area (Å²) >= 11 is 1.92. The number of fused-ring (bicyclic) bond motifs is 1. The van der Waals surface area contributed by atoms with Crippen molar-refractivity contribution in [1.82, 2.24) is 0 Å². The third-order valence-corrected chi connectivity index (χ3v) is 10.6. The van der Waals surface area contributed by atoms with Gasteiger partial charge in [-0.05, 0) is 38.0 Å². The molecule has 0 saturated heterocycles. The van der Waals surface area contributed by atoms with E-state index >= 15 is 0 Å². The maximum atomic E-state index is 5.89. The van der Waals surface area contributed by atoms with Crippen LogP contribution in [0.3, 0.4) is 0 Å². The number of allylic oxidation sites excluding steroid dienone is 6. The van der Waals surface area contributed by atoms with Gasteiger partial charge >= 0.3 is 0 Å². The Morgan fingerprint density at radius 3 is 2.70 bits per heavy atom. The minimum atomic E-state index is -1.51. The highest BCUT2D eigenvalue weighted by atomic mass is 32.1. The molecule has 0 aliphatic heterocycles. The largest absolute Gasteiger partial charge is 0.461 e. The van der Waals surface area contributed by atoms with Gasteiger partial charge in [0.2, 0.25) is 0 Å². The first-order chi connectivity index (χ1) is 11.0. The molecule has 3 heteroatoms. The minimum Gasteiger partial charge on any atom is -0.461 e. The molecule has 0 amide bonds. The van der Waals surface area contributed by atoms with Gasteiger partial charge in [-0.3, -0.25) is 0 Å². The molecule has 23 heavy (non-hydrogen) atoms. The van der Waals surface area contributed by atoms with E-state index in [0.29, 0.717) is 5.54 Å². The van der Waals surface area contributed by atoms with Gasteiger partial charge in [-0.25, -0.2) is 0 Å². The zero-order valence-corrected chi connectivity index (χ0v) is 16.0. The molecule has 118 valence electrons. The molecule has 2 heterocycles. The molecule has 0 spiro atoms. The molecule has 1 nitrogen and oxygen atoms in total. The summed E-state index contributed by atoms with van der Waals surface area (Å²) in [6.45, 7) is 9.31. The highest BCUT2D eigenvalue weighted by Crippen LogP contribution is 2.50. The normalized spacial score (nSPS) is 19.9. The average Bonchev–Trinajstić information content (AvgIpc) is 3.23. The predicted molar refractivity (Wildman–Crippen MR) is 102 cm³/mol. The van der Waals surface area contributed by atoms with Crippen LogP contribution < -0.4 is 0 Å². The molecule has 0 aromatic carbocycles. The van der Waals surface area contributed by atoms with Gasteiger partial charge in [0, 0.05) is 26.9 Å². The van der Waals surface area contributed by atoms with Crippen molar-refractivity contribution >= 4 is 25.0 Å². The van der Waals surface area contributed by atoms with Crippen LogP contribution in [-0.4, -0.2) is 8.07 Å². The second kappa shape index (κ2) is 5.22. The summed E-state index contributed by atoms with van der Waals surface area (Å²) in [6.07, 6.45) is 10.5. The standard InChI is InChI=1S/C20H22OSSi/c1-13-11-18(23(3,4)15-7-5-6-8-15)20-19(13)16(12-22-20)17-10-9-14(2)21-17/h5-7,9-12,18H,8H2,1-4H3. The van der Waals surface area contributed by atoms with Crippen LogP contribution in [-0.2, 0) is 0 Å². The van der Waals surface area contributed by atoms with Crippen molar-refractivity contribution in [2.45, 2.75) is 38.9 Å². The van der Waals surface area contributed by atoms with Crippen molar-refractivity contribution in [3.8, 4) is 11.3 Å². The van der Waals surface area contributed by atoms with E-state index in [2.05, 4.69) is 61.8 Å². The summed E-state index contributed by atoms with van der Waals surface area (Å²) < 4.78 is 5.89. The zero-order chi connectivity index (χ0) is 16.2. The van der Waals surface area contributed by atoms with Crippen LogP contribution in [0.25, 0.3) is 16.9 Å². The van der Waals surface area contributed by atoms with Crippen molar-refractivity contribution < 1.29 is 4.42 Å². The quantitative estimate of drug-likeness (QED) is 0.583. The van der Waals surface area contributed by atoms with E-state index in [1.54, 1.807) is 10.1 Å². The molecule has 4 rings (SSSR count). The van der Waals surface area contributed by atoms with Gasteiger partial charge in [0.15, 0.2) is 0 Å². The molecular weight excluding hydrogens is 316 g/mol. The van der Waals surface area contributed by atoms with Gasteiger partial charge in [0.1, 0.15) is 11.5 Å². The van der Waals surface area contributed by atoms with Crippen LogP contribution in [0.1, 0.15) is 35.1 Å². The van der Waals surface area contributed by atoms with E-state index in [-0.39, 0.29) is 0 Å². The van der Waals surface area contributed by atoms with E-state index in [1.165, 1.54) is 16.7 Å². The number of hydrogen-bond donors (Lipinski definition) is 0. The van der Waals surface area contributed by atoms with Gasteiger partial charge in [-0.2, -0.15) is 0 Å². The fourth-order valence-electron chi connectivity index (χ4n) is 3.84.